The van der Waals surface area contributed by atoms with Crippen LogP contribution in [0, 0.1) is 13.8 Å². The number of aryl methyl sites for hydroxylation is 2. The number of nitrogens with one attached hydrogen (secondary N) is 1. The minimum absolute atomic E-state index is 0.0666. The molecule has 0 unspecified atom stereocenters. The number of fused-ring (bicyclic) bond motifs is 2. The number of benzene rings is 1. The second-order valence-corrected chi connectivity index (χ2v) is 8.97. The van der Waals surface area contributed by atoms with E-state index in [1.54, 1.807) is 30.6 Å². The number of anilines is 3. The maximum absolute atomic E-state index is 12.4. The van der Waals surface area contributed by atoms with Crippen molar-refractivity contribution in [3.63, 3.8) is 0 Å². The van der Waals surface area contributed by atoms with E-state index < -0.39 is 10.1 Å². The van der Waals surface area contributed by atoms with Gasteiger partial charge in [-0.1, -0.05) is 17.7 Å². The van der Waals surface area contributed by atoms with Crippen LogP contribution < -0.4 is 10.2 Å². The van der Waals surface area contributed by atoms with Gasteiger partial charge in [0.05, 0.1) is 16.1 Å². The predicted octanol–water partition coefficient (Wildman–Crippen LogP) is 3.89. The van der Waals surface area contributed by atoms with Crippen molar-refractivity contribution in [1.82, 2.24) is 9.97 Å². The van der Waals surface area contributed by atoms with Crippen molar-refractivity contribution in [1.29, 1.82) is 0 Å². The summed E-state index contributed by atoms with van der Waals surface area (Å²) in [5, 5.41) is 2.98. The lowest BCUT2D eigenvalue weighted by molar-refractivity contribution is 0.102. The van der Waals surface area contributed by atoms with Crippen LogP contribution in [0.5, 0.6) is 0 Å². The van der Waals surface area contributed by atoms with Gasteiger partial charge in [-0.05, 0) is 62.6 Å². The Kier molecular flexibility index (Phi) is 5.47. The van der Waals surface area contributed by atoms with Crippen molar-refractivity contribution in [2.75, 3.05) is 10.2 Å². The summed E-state index contributed by atoms with van der Waals surface area (Å²) in [4.78, 5) is 23.4. The summed E-state index contributed by atoms with van der Waals surface area (Å²) >= 11 is 0. The molecule has 1 aliphatic carbocycles. The smallest absolute Gasteiger partial charge is 0.294 e. The van der Waals surface area contributed by atoms with Gasteiger partial charge in [0.2, 0.25) is 0 Å². The van der Waals surface area contributed by atoms with Gasteiger partial charge < -0.3 is 10.2 Å². The van der Waals surface area contributed by atoms with E-state index in [1.807, 2.05) is 26.0 Å². The molecule has 2 aliphatic rings. The Balaban J connectivity index is 0.000000180. The fraction of sp³-hybridized carbons (Fsp3) is 0.227. The minimum atomic E-state index is -4.02. The molecule has 160 valence electrons. The number of nitrogens with zero attached hydrogens (tertiary/aromatic N) is 3. The van der Waals surface area contributed by atoms with E-state index in [2.05, 4.69) is 20.2 Å². The molecule has 1 aromatic carbocycles. The quantitative estimate of drug-likeness (QED) is 0.584. The summed E-state index contributed by atoms with van der Waals surface area (Å²) in [6.45, 7) is 3.82. The lowest BCUT2D eigenvalue weighted by Gasteiger charge is -2.23. The van der Waals surface area contributed by atoms with Gasteiger partial charge in [0.1, 0.15) is 5.82 Å². The third kappa shape index (κ3) is 4.42. The van der Waals surface area contributed by atoms with Crippen LogP contribution in [-0.2, 0) is 10.1 Å². The maximum Gasteiger partial charge on any atom is 0.294 e. The van der Waals surface area contributed by atoms with Crippen LogP contribution in [-0.4, -0.2) is 34.9 Å². The molecule has 5 rings (SSSR count). The molecule has 1 fully saturated rings. The Morgan fingerprint density at radius 3 is 2.32 bits per heavy atom. The van der Waals surface area contributed by atoms with Gasteiger partial charge in [0, 0.05) is 18.4 Å². The molecule has 3 heterocycles. The van der Waals surface area contributed by atoms with E-state index in [0.717, 1.165) is 35.5 Å². The molecule has 31 heavy (non-hydrogen) atoms. The average Bonchev–Trinajstić information content (AvgIpc) is 3.56. The number of hydrogen-bond donors (Lipinski definition) is 2. The molecule has 0 radical (unpaired) electrons. The van der Waals surface area contributed by atoms with Gasteiger partial charge >= 0.3 is 0 Å². The average molecular weight is 439 g/mol. The molecule has 2 N–H and O–H groups in total. The first-order chi connectivity index (χ1) is 14.8. The molecule has 8 nitrogen and oxygen atoms in total. The van der Waals surface area contributed by atoms with E-state index >= 15 is 0 Å². The van der Waals surface area contributed by atoms with Crippen molar-refractivity contribution < 1.29 is 17.8 Å². The number of carbonyl (C=O) groups excluding carboxylic acids is 1. The summed E-state index contributed by atoms with van der Waals surface area (Å²) in [6, 6.07) is 11.9. The van der Waals surface area contributed by atoms with Crippen molar-refractivity contribution in [2.45, 2.75) is 37.6 Å². The Morgan fingerprint density at radius 1 is 1.00 bits per heavy atom. The van der Waals surface area contributed by atoms with Crippen molar-refractivity contribution >= 4 is 33.3 Å². The molecule has 1 saturated carbocycles. The summed E-state index contributed by atoms with van der Waals surface area (Å²) in [6.07, 6.45) is 5.73. The third-order valence-electron chi connectivity index (χ3n) is 5.10. The largest absolute Gasteiger partial charge is 0.318 e. The van der Waals surface area contributed by atoms with E-state index in [-0.39, 0.29) is 10.8 Å². The molecule has 2 aromatic heterocycles. The van der Waals surface area contributed by atoms with Crippen molar-refractivity contribution in [3.05, 3.63) is 71.5 Å². The lowest BCUT2D eigenvalue weighted by Crippen LogP contribution is -2.22. The number of rotatable bonds is 2. The van der Waals surface area contributed by atoms with Crippen LogP contribution >= 0.6 is 0 Å². The summed E-state index contributed by atoms with van der Waals surface area (Å²) < 4.78 is 29.6. The number of pyridine rings is 2. The Hall–Kier alpha value is -3.30. The van der Waals surface area contributed by atoms with Gasteiger partial charge in [-0.25, -0.2) is 9.97 Å². The van der Waals surface area contributed by atoms with Crippen LogP contribution in [0.3, 0.4) is 0 Å². The van der Waals surface area contributed by atoms with E-state index in [4.69, 9.17) is 4.55 Å². The topological polar surface area (TPSA) is 112 Å². The summed E-state index contributed by atoms with van der Waals surface area (Å²) in [5.74, 6) is 1.40. The van der Waals surface area contributed by atoms with Gasteiger partial charge in [-0.3, -0.25) is 9.35 Å². The Bertz CT molecular complexity index is 1240. The fourth-order valence-corrected chi connectivity index (χ4v) is 3.80. The zero-order valence-electron chi connectivity index (χ0n) is 17.1. The standard InChI is InChI=1S/C15H14N4O.C7H8O3S/c1-9-6-8-17-14-12(9)18-15(20)11-3-2-7-16-13(11)19(14)10-4-5-10;1-6-2-4-7(5-3-6)11(8,9)10/h2-3,6-8,10H,4-5H2,1H3,(H,18,20);2-5H,1H3,(H,8,9,10). The highest BCUT2D eigenvalue weighted by molar-refractivity contribution is 7.85. The summed E-state index contributed by atoms with van der Waals surface area (Å²) in [5.41, 5.74) is 3.37. The van der Waals surface area contributed by atoms with Crippen molar-refractivity contribution in [3.8, 4) is 0 Å². The number of carbonyl (C=O) groups is 1. The molecule has 1 aliphatic heterocycles. The van der Waals surface area contributed by atoms with Crippen LogP contribution in [0.4, 0.5) is 17.3 Å². The van der Waals surface area contributed by atoms with Crippen LogP contribution in [0.1, 0.15) is 34.3 Å². The van der Waals surface area contributed by atoms with Crippen LogP contribution in [0.2, 0.25) is 0 Å². The predicted molar refractivity (Wildman–Crippen MR) is 117 cm³/mol. The highest BCUT2D eigenvalue weighted by Gasteiger charge is 2.37. The summed E-state index contributed by atoms with van der Waals surface area (Å²) in [7, 11) is -4.02. The first-order valence-corrected chi connectivity index (χ1v) is 11.2. The molecule has 0 saturated heterocycles. The lowest BCUT2D eigenvalue weighted by atomic mass is 10.2. The Labute approximate surface area is 180 Å². The molecule has 1 amide bonds. The van der Waals surface area contributed by atoms with Gasteiger partial charge in [0.15, 0.2) is 5.82 Å². The zero-order valence-corrected chi connectivity index (χ0v) is 17.9. The van der Waals surface area contributed by atoms with Crippen molar-refractivity contribution in [2.24, 2.45) is 0 Å². The van der Waals surface area contributed by atoms with Gasteiger partial charge in [-0.15, -0.1) is 0 Å². The van der Waals surface area contributed by atoms with Gasteiger partial charge in [0.25, 0.3) is 16.0 Å². The number of hydrogen-bond acceptors (Lipinski definition) is 6. The SMILES string of the molecule is Cc1ccc(S(=O)(=O)O)cc1.Cc1ccnc2c1NC(=O)c1cccnc1N2C1CC1. The molecule has 3 aromatic rings. The molecule has 9 heteroatoms. The number of amides is 1. The van der Waals surface area contributed by atoms with Crippen LogP contribution in [0.15, 0.2) is 59.8 Å². The monoisotopic (exact) mass is 438 g/mol. The third-order valence-corrected chi connectivity index (χ3v) is 5.96. The molecule has 0 spiro atoms. The zero-order chi connectivity index (χ0) is 22.2. The second-order valence-electron chi connectivity index (χ2n) is 7.54. The first kappa shape index (κ1) is 21.0. The molecule has 0 bridgehead atoms. The molecular formula is C22H22N4O4S. The maximum atomic E-state index is 12.4. The van der Waals surface area contributed by atoms with E-state index in [9.17, 15) is 13.2 Å². The highest BCUT2D eigenvalue weighted by Crippen LogP contribution is 2.43. The normalized spacial score (nSPS) is 15.1. The van der Waals surface area contributed by atoms with E-state index in [0.29, 0.717) is 17.4 Å². The Morgan fingerprint density at radius 2 is 1.68 bits per heavy atom. The minimum Gasteiger partial charge on any atom is -0.318 e. The molecule has 0 atom stereocenters. The van der Waals surface area contributed by atoms with Gasteiger partial charge in [-0.2, -0.15) is 8.42 Å². The second kappa shape index (κ2) is 8.09. The fourth-order valence-electron chi connectivity index (χ4n) is 3.32. The first-order valence-electron chi connectivity index (χ1n) is 9.81. The van der Waals surface area contributed by atoms with Crippen LogP contribution in [0.25, 0.3) is 0 Å². The highest BCUT2D eigenvalue weighted by atomic mass is 32.2. The number of aromatic nitrogens is 2. The van der Waals surface area contributed by atoms with E-state index in [1.165, 1.54) is 12.1 Å². The molecular weight excluding hydrogens is 416 g/mol.